The Balaban J connectivity index is 2.11. The van der Waals surface area contributed by atoms with E-state index in [0.717, 1.165) is 13.1 Å². The SMILES string of the molecule is CC(C)(C)N1CCC(S(=O)(=O)c2ccc(F)cc2)CC1. The van der Waals surface area contributed by atoms with Gasteiger partial charge in [0.1, 0.15) is 5.82 Å². The van der Waals surface area contributed by atoms with Crippen LogP contribution in [0, 0.1) is 5.82 Å². The van der Waals surface area contributed by atoms with Crippen LogP contribution in [0.2, 0.25) is 0 Å². The van der Waals surface area contributed by atoms with Gasteiger partial charge in [0.15, 0.2) is 9.84 Å². The van der Waals surface area contributed by atoms with Crippen LogP contribution in [0.4, 0.5) is 4.39 Å². The Labute approximate surface area is 120 Å². The van der Waals surface area contributed by atoms with E-state index in [1.807, 2.05) is 0 Å². The van der Waals surface area contributed by atoms with Gasteiger partial charge in [-0.2, -0.15) is 0 Å². The summed E-state index contributed by atoms with van der Waals surface area (Å²) in [6, 6.07) is 5.13. The van der Waals surface area contributed by atoms with Crippen molar-refractivity contribution in [2.45, 2.75) is 49.3 Å². The Hall–Kier alpha value is -0.940. The number of benzene rings is 1. The Morgan fingerprint density at radius 3 is 2.05 bits per heavy atom. The Morgan fingerprint density at radius 1 is 1.10 bits per heavy atom. The predicted molar refractivity (Wildman–Crippen MR) is 77.9 cm³/mol. The van der Waals surface area contributed by atoms with Gasteiger partial charge in [0.25, 0.3) is 0 Å². The molecule has 1 aromatic carbocycles. The van der Waals surface area contributed by atoms with Crippen LogP contribution in [0.25, 0.3) is 0 Å². The van der Waals surface area contributed by atoms with Crippen molar-refractivity contribution in [1.29, 1.82) is 0 Å². The number of piperidine rings is 1. The molecule has 0 N–H and O–H groups in total. The fourth-order valence-electron chi connectivity index (χ4n) is 2.65. The molecule has 3 nitrogen and oxygen atoms in total. The molecule has 1 aliphatic rings. The fourth-order valence-corrected chi connectivity index (χ4v) is 4.39. The molecule has 0 unspecified atom stereocenters. The van der Waals surface area contributed by atoms with Crippen molar-refractivity contribution in [2.75, 3.05) is 13.1 Å². The van der Waals surface area contributed by atoms with Crippen molar-refractivity contribution in [3.05, 3.63) is 30.1 Å². The lowest BCUT2D eigenvalue weighted by atomic mass is 10.0. The van der Waals surface area contributed by atoms with E-state index in [2.05, 4.69) is 25.7 Å². The lowest BCUT2D eigenvalue weighted by molar-refractivity contribution is 0.112. The Morgan fingerprint density at radius 2 is 1.60 bits per heavy atom. The molecule has 20 heavy (non-hydrogen) atoms. The summed E-state index contributed by atoms with van der Waals surface area (Å²) in [7, 11) is -3.34. The number of hydrogen-bond acceptors (Lipinski definition) is 3. The topological polar surface area (TPSA) is 37.4 Å². The fraction of sp³-hybridized carbons (Fsp3) is 0.600. The molecule has 5 heteroatoms. The quantitative estimate of drug-likeness (QED) is 0.788. The minimum absolute atomic E-state index is 0.0740. The van der Waals surface area contributed by atoms with Crippen LogP contribution in [-0.4, -0.2) is 37.2 Å². The second kappa shape index (κ2) is 5.45. The molecule has 0 radical (unpaired) electrons. The summed E-state index contributed by atoms with van der Waals surface area (Å²) in [6.07, 6.45) is 1.27. The molecule has 0 bridgehead atoms. The maximum Gasteiger partial charge on any atom is 0.181 e. The molecule has 112 valence electrons. The third kappa shape index (κ3) is 3.20. The summed E-state index contributed by atoms with van der Waals surface area (Å²) in [6.45, 7) is 7.99. The van der Waals surface area contributed by atoms with E-state index in [1.165, 1.54) is 24.3 Å². The lowest BCUT2D eigenvalue weighted by Crippen LogP contribution is -2.48. The highest BCUT2D eigenvalue weighted by atomic mass is 32.2. The van der Waals surface area contributed by atoms with Crippen LogP contribution in [0.3, 0.4) is 0 Å². The zero-order valence-electron chi connectivity index (χ0n) is 12.3. The van der Waals surface area contributed by atoms with Gasteiger partial charge in [0.05, 0.1) is 10.1 Å². The highest BCUT2D eigenvalue weighted by Gasteiger charge is 2.34. The van der Waals surface area contributed by atoms with Crippen LogP contribution in [0.1, 0.15) is 33.6 Å². The van der Waals surface area contributed by atoms with Gasteiger partial charge in [-0.15, -0.1) is 0 Å². The van der Waals surface area contributed by atoms with Gasteiger partial charge in [0, 0.05) is 5.54 Å². The molecular weight excluding hydrogens is 277 g/mol. The van der Waals surface area contributed by atoms with Crippen molar-refractivity contribution >= 4 is 9.84 Å². The van der Waals surface area contributed by atoms with E-state index >= 15 is 0 Å². The smallest absolute Gasteiger partial charge is 0.181 e. The molecule has 0 spiro atoms. The van der Waals surface area contributed by atoms with Crippen molar-refractivity contribution in [2.24, 2.45) is 0 Å². The van der Waals surface area contributed by atoms with Gasteiger partial charge < -0.3 is 0 Å². The second-order valence-corrected chi connectivity index (χ2v) is 8.58. The zero-order valence-corrected chi connectivity index (χ0v) is 13.1. The maximum atomic E-state index is 12.9. The summed E-state index contributed by atoms with van der Waals surface area (Å²) in [5, 5.41) is -0.355. The van der Waals surface area contributed by atoms with Gasteiger partial charge in [-0.3, -0.25) is 4.90 Å². The first-order valence-electron chi connectivity index (χ1n) is 6.96. The van der Waals surface area contributed by atoms with Crippen molar-refractivity contribution in [3.8, 4) is 0 Å². The van der Waals surface area contributed by atoms with Crippen molar-refractivity contribution in [1.82, 2.24) is 4.90 Å². The Bertz CT molecular complexity index is 553. The first-order valence-corrected chi connectivity index (χ1v) is 8.50. The summed E-state index contributed by atoms with van der Waals surface area (Å²) in [5.74, 6) is -0.411. The first kappa shape index (κ1) is 15.4. The number of rotatable bonds is 2. The molecule has 0 atom stereocenters. The first-order chi connectivity index (χ1) is 9.21. The molecule has 2 rings (SSSR count). The van der Waals surface area contributed by atoms with Gasteiger partial charge >= 0.3 is 0 Å². The molecular formula is C15H22FNO2S. The highest BCUT2D eigenvalue weighted by Crippen LogP contribution is 2.27. The number of halogens is 1. The zero-order chi connectivity index (χ0) is 15.0. The molecule has 1 heterocycles. The van der Waals surface area contributed by atoms with Gasteiger partial charge in [-0.25, -0.2) is 12.8 Å². The van der Waals surface area contributed by atoms with Gasteiger partial charge in [-0.05, 0) is 71.0 Å². The van der Waals surface area contributed by atoms with E-state index in [4.69, 9.17) is 0 Å². The molecule has 1 aromatic rings. The van der Waals surface area contributed by atoms with Crippen LogP contribution >= 0.6 is 0 Å². The van der Waals surface area contributed by atoms with Gasteiger partial charge in [-0.1, -0.05) is 0 Å². The average Bonchev–Trinajstić information content (AvgIpc) is 2.38. The summed E-state index contributed by atoms with van der Waals surface area (Å²) < 4.78 is 37.9. The molecule has 1 fully saturated rings. The number of likely N-dealkylation sites (tertiary alicyclic amines) is 1. The van der Waals surface area contributed by atoms with Crippen LogP contribution < -0.4 is 0 Å². The largest absolute Gasteiger partial charge is 0.298 e. The van der Waals surface area contributed by atoms with Gasteiger partial charge in [0.2, 0.25) is 0 Å². The number of hydrogen-bond donors (Lipinski definition) is 0. The highest BCUT2D eigenvalue weighted by molar-refractivity contribution is 7.92. The third-order valence-electron chi connectivity index (χ3n) is 3.97. The van der Waals surface area contributed by atoms with E-state index < -0.39 is 15.7 Å². The predicted octanol–water partition coefficient (Wildman–Crippen LogP) is 2.86. The van der Waals surface area contributed by atoms with Crippen molar-refractivity contribution < 1.29 is 12.8 Å². The lowest BCUT2D eigenvalue weighted by Gasteiger charge is -2.40. The Kier molecular flexibility index (Phi) is 4.21. The molecule has 0 saturated carbocycles. The standard InChI is InChI=1S/C15H22FNO2S/c1-15(2,3)17-10-8-14(9-11-17)20(18,19)13-6-4-12(16)5-7-13/h4-7,14H,8-11H2,1-3H3. The second-order valence-electron chi connectivity index (χ2n) is 6.36. The van der Waals surface area contributed by atoms with Crippen LogP contribution in [-0.2, 0) is 9.84 Å². The molecule has 1 aliphatic heterocycles. The minimum Gasteiger partial charge on any atom is -0.298 e. The number of nitrogens with zero attached hydrogens (tertiary/aromatic N) is 1. The molecule has 0 aliphatic carbocycles. The summed E-state index contributed by atoms with van der Waals surface area (Å²) in [5.41, 5.74) is 0.0740. The van der Waals surface area contributed by atoms with E-state index in [9.17, 15) is 12.8 Å². The average molecular weight is 299 g/mol. The summed E-state index contributed by atoms with van der Waals surface area (Å²) in [4.78, 5) is 2.54. The van der Waals surface area contributed by atoms with Crippen LogP contribution in [0.15, 0.2) is 29.2 Å². The maximum absolute atomic E-state index is 12.9. The van der Waals surface area contributed by atoms with E-state index in [1.54, 1.807) is 0 Å². The number of sulfone groups is 1. The molecule has 1 saturated heterocycles. The summed E-state index contributed by atoms with van der Waals surface area (Å²) >= 11 is 0. The molecule has 0 amide bonds. The third-order valence-corrected chi connectivity index (χ3v) is 6.25. The van der Waals surface area contributed by atoms with Crippen LogP contribution in [0.5, 0.6) is 0 Å². The van der Waals surface area contributed by atoms with Crippen molar-refractivity contribution in [3.63, 3.8) is 0 Å². The molecule has 0 aromatic heterocycles. The van der Waals surface area contributed by atoms with E-state index in [-0.39, 0.29) is 15.7 Å². The minimum atomic E-state index is -3.34. The monoisotopic (exact) mass is 299 g/mol. The normalized spacial score (nSPS) is 19.2. The van der Waals surface area contributed by atoms with E-state index in [0.29, 0.717) is 12.8 Å².